The summed E-state index contributed by atoms with van der Waals surface area (Å²) in [5.41, 5.74) is 3.99. The Morgan fingerprint density at radius 2 is 1.52 bits per heavy atom. The van der Waals surface area contributed by atoms with Crippen molar-refractivity contribution < 1.29 is 47.8 Å². The second-order valence-corrected chi connectivity index (χ2v) is 10.1. The molecule has 13 heteroatoms. The topological polar surface area (TPSA) is 167 Å². The SMILES string of the molecule is C=C(CC=O)OCC(=O)Nc1ccc2c(c1)C(COC(=O)ON1C(=O)CCC1=O)c1cc(NC(=O)COCCCC)ccc1-2. The van der Waals surface area contributed by atoms with Crippen molar-refractivity contribution in [1.29, 1.82) is 0 Å². The van der Waals surface area contributed by atoms with Crippen molar-refractivity contribution in [1.82, 2.24) is 5.06 Å². The average molecular weight is 608 g/mol. The second-order valence-electron chi connectivity index (χ2n) is 10.1. The van der Waals surface area contributed by atoms with E-state index in [0.717, 1.165) is 29.5 Å². The van der Waals surface area contributed by atoms with E-state index >= 15 is 0 Å². The third-order valence-electron chi connectivity index (χ3n) is 6.84. The maximum atomic E-state index is 12.5. The number of amides is 4. The molecule has 1 unspecified atom stereocenters. The molecule has 2 aliphatic rings. The number of allylic oxidation sites excluding steroid dienone is 1. The van der Waals surface area contributed by atoms with Gasteiger partial charge in [0.1, 0.15) is 19.5 Å². The summed E-state index contributed by atoms with van der Waals surface area (Å²) in [7, 11) is 0. The molecule has 2 N–H and O–H groups in total. The summed E-state index contributed by atoms with van der Waals surface area (Å²) < 4.78 is 15.9. The van der Waals surface area contributed by atoms with E-state index in [2.05, 4.69) is 17.2 Å². The molecule has 0 saturated carbocycles. The molecule has 0 bridgehead atoms. The number of fused-ring (bicyclic) bond motifs is 3. The van der Waals surface area contributed by atoms with Crippen LogP contribution in [0.5, 0.6) is 0 Å². The number of nitrogens with zero attached hydrogens (tertiary/aromatic N) is 1. The van der Waals surface area contributed by atoms with E-state index in [1.165, 1.54) is 0 Å². The number of hydrogen-bond acceptors (Lipinski definition) is 10. The average Bonchev–Trinajstić information content (AvgIpc) is 3.47. The molecule has 0 radical (unpaired) electrons. The third kappa shape index (κ3) is 8.07. The first-order valence-corrected chi connectivity index (χ1v) is 14.1. The minimum Gasteiger partial charge on any atom is -0.488 e. The van der Waals surface area contributed by atoms with Gasteiger partial charge in [-0.05, 0) is 52.9 Å². The van der Waals surface area contributed by atoms with Crippen molar-refractivity contribution in [3.63, 3.8) is 0 Å². The smallest absolute Gasteiger partial charge is 0.488 e. The molecule has 0 aromatic heterocycles. The fraction of sp³-hybridized carbons (Fsp3) is 0.355. The predicted octanol–water partition coefficient (Wildman–Crippen LogP) is 3.83. The first kappa shape index (κ1) is 31.9. The van der Waals surface area contributed by atoms with Crippen LogP contribution in [0, 0.1) is 0 Å². The number of aldehydes is 1. The molecule has 1 fully saturated rings. The number of rotatable bonds is 15. The van der Waals surface area contributed by atoms with Gasteiger partial charge in [-0.15, -0.1) is 0 Å². The predicted molar refractivity (Wildman–Crippen MR) is 156 cm³/mol. The fourth-order valence-electron chi connectivity index (χ4n) is 4.73. The molecule has 4 rings (SSSR count). The molecule has 2 aromatic carbocycles. The van der Waals surface area contributed by atoms with Crippen molar-refractivity contribution in [2.45, 2.75) is 44.9 Å². The lowest BCUT2D eigenvalue weighted by Gasteiger charge is -2.17. The van der Waals surface area contributed by atoms with E-state index in [1.807, 2.05) is 13.0 Å². The zero-order valence-electron chi connectivity index (χ0n) is 24.2. The molecule has 1 heterocycles. The number of carbonyl (C=O) groups excluding carboxylic acids is 6. The molecule has 232 valence electrons. The Morgan fingerprint density at radius 1 is 0.932 bits per heavy atom. The van der Waals surface area contributed by atoms with Crippen molar-refractivity contribution in [2.24, 2.45) is 0 Å². The number of nitrogens with one attached hydrogen (secondary N) is 2. The Hall–Kier alpha value is -5.04. The van der Waals surface area contributed by atoms with Crippen molar-refractivity contribution in [3.05, 3.63) is 59.9 Å². The van der Waals surface area contributed by atoms with Gasteiger partial charge in [-0.3, -0.25) is 24.0 Å². The van der Waals surface area contributed by atoms with Crippen molar-refractivity contribution in [3.8, 4) is 11.1 Å². The molecular formula is C31H33N3O10. The monoisotopic (exact) mass is 607 g/mol. The van der Waals surface area contributed by atoms with Crippen molar-refractivity contribution in [2.75, 3.05) is 37.1 Å². The van der Waals surface area contributed by atoms with Crippen LogP contribution in [0.3, 0.4) is 0 Å². The van der Waals surface area contributed by atoms with Gasteiger partial charge < -0.3 is 29.6 Å². The summed E-state index contributed by atoms with van der Waals surface area (Å²) in [6.07, 6.45) is 1.05. The molecule has 4 amide bonds. The van der Waals surface area contributed by atoms with Crippen LogP contribution in [-0.2, 0) is 43.0 Å². The van der Waals surface area contributed by atoms with Crippen LogP contribution in [0.4, 0.5) is 16.2 Å². The van der Waals surface area contributed by atoms with E-state index in [0.29, 0.717) is 34.9 Å². The van der Waals surface area contributed by atoms with Crippen LogP contribution in [-0.4, -0.2) is 67.6 Å². The summed E-state index contributed by atoms with van der Waals surface area (Å²) in [5.74, 6) is -2.47. The maximum Gasteiger partial charge on any atom is 0.533 e. The first-order valence-electron chi connectivity index (χ1n) is 14.1. The summed E-state index contributed by atoms with van der Waals surface area (Å²) >= 11 is 0. The van der Waals surface area contributed by atoms with Gasteiger partial charge in [-0.1, -0.05) is 37.1 Å². The Kier molecular flexibility index (Phi) is 10.8. The largest absolute Gasteiger partial charge is 0.533 e. The van der Waals surface area contributed by atoms with E-state index in [4.69, 9.17) is 19.0 Å². The van der Waals surface area contributed by atoms with Gasteiger partial charge in [-0.2, -0.15) is 0 Å². The molecule has 0 spiro atoms. The molecule has 13 nitrogen and oxygen atoms in total. The number of hydrogen-bond donors (Lipinski definition) is 2. The number of hydroxylamine groups is 2. The molecular weight excluding hydrogens is 574 g/mol. The van der Waals surface area contributed by atoms with Crippen LogP contribution >= 0.6 is 0 Å². The summed E-state index contributed by atoms with van der Waals surface area (Å²) in [6.45, 7) is 5.39. The van der Waals surface area contributed by atoms with Gasteiger partial charge in [0.05, 0.1) is 12.2 Å². The van der Waals surface area contributed by atoms with Crippen LogP contribution in [0.15, 0.2) is 48.7 Å². The highest BCUT2D eigenvalue weighted by molar-refractivity contribution is 6.01. The Bertz CT molecular complexity index is 1450. The molecule has 2 aromatic rings. The fourth-order valence-corrected chi connectivity index (χ4v) is 4.73. The normalized spacial score (nSPS) is 14.8. The molecule has 44 heavy (non-hydrogen) atoms. The molecule has 1 aliphatic heterocycles. The van der Waals surface area contributed by atoms with Crippen LogP contribution in [0.1, 0.15) is 56.1 Å². The summed E-state index contributed by atoms with van der Waals surface area (Å²) in [4.78, 5) is 76.5. The van der Waals surface area contributed by atoms with Gasteiger partial charge in [0.25, 0.3) is 17.7 Å². The number of benzene rings is 2. The van der Waals surface area contributed by atoms with Crippen molar-refractivity contribution >= 4 is 47.4 Å². The Morgan fingerprint density at radius 3 is 2.09 bits per heavy atom. The quantitative estimate of drug-likeness (QED) is 0.0999. The molecule has 1 aliphatic carbocycles. The van der Waals surface area contributed by atoms with Gasteiger partial charge >= 0.3 is 6.16 Å². The van der Waals surface area contributed by atoms with E-state index < -0.39 is 29.8 Å². The third-order valence-corrected chi connectivity index (χ3v) is 6.84. The highest BCUT2D eigenvalue weighted by Crippen LogP contribution is 2.47. The zero-order chi connectivity index (χ0) is 31.6. The van der Waals surface area contributed by atoms with E-state index in [-0.39, 0.29) is 50.7 Å². The lowest BCUT2D eigenvalue weighted by atomic mass is 9.97. The second kappa shape index (κ2) is 14.9. The lowest BCUT2D eigenvalue weighted by molar-refractivity contribution is -0.177. The molecule has 1 atom stereocenters. The van der Waals surface area contributed by atoms with Crippen LogP contribution in [0.25, 0.3) is 11.1 Å². The first-order chi connectivity index (χ1) is 21.2. The van der Waals surface area contributed by atoms with E-state index in [1.54, 1.807) is 30.3 Å². The highest BCUT2D eigenvalue weighted by Gasteiger charge is 2.35. The van der Waals surface area contributed by atoms with E-state index in [9.17, 15) is 28.8 Å². The zero-order valence-corrected chi connectivity index (χ0v) is 24.2. The van der Waals surface area contributed by atoms with Gasteiger partial charge in [0.2, 0.25) is 5.91 Å². The number of ether oxygens (including phenoxy) is 3. The van der Waals surface area contributed by atoms with Crippen LogP contribution < -0.4 is 10.6 Å². The standard InChI is InChI=1S/C31H33N3O10/c1-3-4-13-41-17-27(36)32-20-5-7-22-23-8-6-21(33-28(37)18-42-19(2)11-12-35)15-25(23)26(24(22)14-20)16-43-31(40)44-34-29(38)9-10-30(34)39/h5-8,12,14-15,26H,2-4,9-11,13,16-18H2,1H3,(H,32,36)(H,33,37). The minimum atomic E-state index is -1.23. The number of unbranched alkanes of at least 4 members (excludes halogenated alkanes) is 1. The maximum absolute atomic E-state index is 12.5. The molecule has 1 saturated heterocycles. The van der Waals surface area contributed by atoms with Gasteiger partial charge in [0, 0.05) is 36.7 Å². The highest BCUT2D eigenvalue weighted by atomic mass is 16.8. The number of imide groups is 1. The number of anilines is 2. The summed E-state index contributed by atoms with van der Waals surface area (Å²) in [5, 5.41) is 5.93. The van der Waals surface area contributed by atoms with Gasteiger partial charge in [-0.25, -0.2) is 4.79 Å². The number of carbonyl (C=O) groups is 6. The lowest BCUT2D eigenvalue weighted by Crippen LogP contribution is -2.32. The summed E-state index contributed by atoms with van der Waals surface area (Å²) in [6, 6.07) is 10.6. The van der Waals surface area contributed by atoms with Crippen LogP contribution in [0.2, 0.25) is 0 Å². The Labute approximate surface area is 253 Å². The van der Waals surface area contributed by atoms with Gasteiger partial charge in [0.15, 0.2) is 6.61 Å². The minimum absolute atomic E-state index is 0.0249. The Balaban J connectivity index is 1.52.